The van der Waals surface area contributed by atoms with E-state index in [1.807, 2.05) is 58.8 Å². The van der Waals surface area contributed by atoms with Crippen molar-refractivity contribution in [2.24, 2.45) is 0 Å². The molecule has 0 N–H and O–H groups in total. The molecule has 0 radical (unpaired) electrons. The molecule has 0 unspecified atom stereocenters. The van der Waals surface area contributed by atoms with Crippen LogP contribution >= 0.6 is 11.3 Å². The van der Waals surface area contributed by atoms with E-state index in [0.717, 1.165) is 42.0 Å². The van der Waals surface area contributed by atoms with E-state index in [1.54, 1.807) is 11.8 Å². The van der Waals surface area contributed by atoms with E-state index in [9.17, 15) is 9.59 Å². The summed E-state index contributed by atoms with van der Waals surface area (Å²) in [4.78, 5) is 35.8. The molecule has 0 spiro atoms. The molecule has 1 saturated heterocycles. The van der Waals surface area contributed by atoms with Crippen molar-refractivity contribution >= 4 is 34.0 Å². The van der Waals surface area contributed by atoms with Gasteiger partial charge >= 0.3 is 0 Å². The number of piperazine rings is 1. The number of nitrogens with zero attached hydrogens (tertiary/aromatic N) is 4. The molecule has 3 aromatic rings. The summed E-state index contributed by atoms with van der Waals surface area (Å²) in [5, 5.41) is 2.73. The first kappa shape index (κ1) is 22.2. The van der Waals surface area contributed by atoms with Crippen molar-refractivity contribution in [2.45, 2.75) is 26.8 Å². The molecule has 0 atom stereocenters. The maximum atomic E-state index is 12.7. The minimum atomic E-state index is -0.0418. The van der Waals surface area contributed by atoms with Crippen LogP contribution in [0.4, 0.5) is 10.8 Å². The Hall–Kier alpha value is -3.03. The van der Waals surface area contributed by atoms with Crippen LogP contribution in [0.25, 0.3) is 0 Å². The molecule has 2 aromatic carbocycles. The highest BCUT2D eigenvalue weighted by atomic mass is 32.1. The molecule has 1 fully saturated rings. The van der Waals surface area contributed by atoms with Crippen molar-refractivity contribution in [2.75, 3.05) is 31.1 Å². The number of thiazole rings is 1. The molecule has 0 bridgehead atoms. The lowest BCUT2D eigenvalue weighted by atomic mass is 10.1. The molecule has 2 amide bonds. The van der Waals surface area contributed by atoms with Crippen LogP contribution in [-0.4, -0.2) is 52.8 Å². The van der Waals surface area contributed by atoms with Crippen molar-refractivity contribution in [3.63, 3.8) is 0 Å². The summed E-state index contributed by atoms with van der Waals surface area (Å²) < 4.78 is 0. The number of rotatable bonds is 6. The van der Waals surface area contributed by atoms with Crippen LogP contribution in [0.5, 0.6) is 0 Å². The number of hydrogen-bond donors (Lipinski definition) is 0. The van der Waals surface area contributed by atoms with Crippen LogP contribution in [0.2, 0.25) is 0 Å². The second-order valence-electron chi connectivity index (χ2n) is 7.89. The number of carbonyl (C=O) groups is 2. The Morgan fingerprint density at radius 1 is 1.00 bits per heavy atom. The van der Waals surface area contributed by atoms with Crippen molar-refractivity contribution < 1.29 is 9.59 Å². The molecule has 2 heterocycles. The summed E-state index contributed by atoms with van der Waals surface area (Å²) in [6.07, 6.45) is 0.851. The summed E-state index contributed by atoms with van der Waals surface area (Å²) in [6.45, 7) is 7.40. The fourth-order valence-corrected chi connectivity index (χ4v) is 4.88. The van der Waals surface area contributed by atoms with E-state index in [4.69, 9.17) is 4.98 Å². The topological polar surface area (TPSA) is 56.8 Å². The zero-order valence-corrected chi connectivity index (χ0v) is 19.3. The third-order valence-electron chi connectivity index (χ3n) is 5.73. The number of benzene rings is 2. The minimum Gasteiger partial charge on any atom is -0.336 e. The molecular formula is C25H28N4O2S. The summed E-state index contributed by atoms with van der Waals surface area (Å²) in [5.41, 5.74) is 3.71. The van der Waals surface area contributed by atoms with Gasteiger partial charge in [-0.25, -0.2) is 4.98 Å². The molecule has 7 heteroatoms. The zero-order chi connectivity index (χ0) is 22.5. The normalized spacial score (nSPS) is 14.4. The van der Waals surface area contributed by atoms with Gasteiger partial charge in [-0.05, 0) is 30.2 Å². The summed E-state index contributed by atoms with van der Waals surface area (Å²) in [5.74, 6) is 0.0488. The largest absolute Gasteiger partial charge is 0.336 e. The van der Waals surface area contributed by atoms with Gasteiger partial charge in [-0.15, -0.1) is 11.3 Å². The Morgan fingerprint density at radius 3 is 2.38 bits per heavy atom. The highest BCUT2D eigenvalue weighted by molar-refractivity contribution is 7.14. The highest BCUT2D eigenvalue weighted by Crippen LogP contribution is 2.32. The Morgan fingerprint density at radius 2 is 1.69 bits per heavy atom. The van der Waals surface area contributed by atoms with Crippen LogP contribution in [0, 0.1) is 0 Å². The first-order chi connectivity index (χ1) is 15.6. The molecule has 1 aliphatic heterocycles. The molecule has 32 heavy (non-hydrogen) atoms. The molecule has 4 rings (SSSR count). The fraction of sp³-hybridized carbons (Fsp3) is 0.320. The van der Waals surface area contributed by atoms with E-state index < -0.39 is 0 Å². The van der Waals surface area contributed by atoms with Gasteiger partial charge in [0.05, 0.1) is 11.4 Å². The fourth-order valence-electron chi connectivity index (χ4n) is 4.01. The smallest absolute Gasteiger partial charge is 0.253 e. The number of carbonyl (C=O) groups excluding carboxylic acids is 2. The first-order valence-electron chi connectivity index (χ1n) is 11.0. The molecule has 1 aliphatic rings. The van der Waals surface area contributed by atoms with Crippen LogP contribution in [-0.2, 0) is 17.8 Å². The Labute approximate surface area is 193 Å². The van der Waals surface area contributed by atoms with Gasteiger partial charge in [-0.1, -0.05) is 43.3 Å². The van der Waals surface area contributed by atoms with Crippen molar-refractivity contribution in [1.82, 2.24) is 14.8 Å². The lowest BCUT2D eigenvalue weighted by Crippen LogP contribution is -2.48. The predicted octanol–water partition coefficient (Wildman–Crippen LogP) is 4.35. The van der Waals surface area contributed by atoms with Crippen LogP contribution in [0.3, 0.4) is 0 Å². The van der Waals surface area contributed by atoms with Crippen LogP contribution in [0.1, 0.15) is 35.5 Å². The zero-order valence-electron chi connectivity index (χ0n) is 18.5. The third-order valence-corrected chi connectivity index (χ3v) is 6.60. The van der Waals surface area contributed by atoms with Crippen molar-refractivity contribution in [1.29, 1.82) is 0 Å². The van der Waals surface area contributed by atoms with Gasteiger partial charge < -0.3 is 4.90 Å². The van der Waals surface area contributed by atoms with E-state index in [-0.39, 0.29) is 11.8 Å². The molecule has 1 aromatic heterocycles. The van der Waals surface area contributed by atoms with Gasteiger partial charge in [0.15, 0.2) is 5.13 Å². The first-order valence-corrected chi connectivity index (χ1v) is 11.8. The Bertz CT molecular complexity index is 1070. The van der Waals surface area contributed by atoms with Crippen molar-refractivity contribution in [3.05, 3.63) is 76.8 Å². The summed E-state index contributed by atoms with van der Waals surface area (Å²) in [7, 11) is 0. The second kappa shape index (κ2) is 10.1. The van der Waals surface area contributed by atoms with Gasteiger partial charge in [-0.2, -0.15) is 0 Å². The van der Waals surface area contributed by atoms with E-state index in [2.05, 4.69) is 17.9 Å². The highest BCUT2D eigenvalue weighted by Gasteiger charge is 2.24. The molecule has 0 saturated carbocycles. The molecule has 166 valence electrons. The number of anilines is 2. The predicted molar refractivity (Wildman–Crippen MR) is 128 cm³/mol. The number of hydrogen-bond acceptors (Lipinski definition) is 5. The number of para-hydroxylation sites is 1. The van der Waals surface area contributed by atoms with E-state index in [0.29, 0.717) is 24.8 Å². The second-order valence-corrected chi connectivity index (χ2v) is 8.73. The summed E-state index contributed by atoms with van der Waals surface area (Å²) >= 11 is 1.49. The van der Waals surface area contributed by atoms with E-state index in [1.165, 1.54) is 11.3 Å². The lowest BCUT2D eigenvalue weighted by molar-refractivity contribution is -0.115. The SMILES string of the molecule is CCc1ccccc1N(C(C)=O)c1nc(CN2CCN(C(=O)c3ccccc3)CC2)cs1. The monoisotopic (exact) mass is 448 g/mol. The standard InChI is InChI=1S/C25H28N4O2S/c1-3-20-9-7-8-12-23(20)29(19(2)30)25-26-22(18-32-25)17-27-13-15-28(16-14-27)24(31)21-10-5-4-6-11-21/h4-12,18H,3,13-17H2,1-2H3. The summed E-state index contributed by atoms with van der Waals surface area (Å²) in [6, 6.07) is 17.4. The maximum absolute atomic E-state index is 12.7. The van der Waals surface area contributed by atoms with Gasteiger partial charge in [0.1, 0.15) is 0 Å². The van der Waals surface area contributed by atoms with Gasteiger partial charge in [-0.3, -0.25) is 19.4 Å². The Balaban J connectivity index is 1.40. The van der Waals surface area contributed by atoms with Crippen LogP contribution < -0.4 is 4.90 Å². The quantitative estimate of drug-likeness (QED) is 0.563. The maximum Gasteiger partial charge on any atom is 0.253 e. The Kier molecular flexibility index (Phi) is 6.97. The van der Waals surface area contributed by atoms with Gasteiger partial charge in [0.2, 0.25) is 5.91 Å². The number of amides is 2. The number of aryl methyl sites for hydroxylation is 1. The van der Waals surface area contributed by atoms with Crippen LogP contribution in [0.15, 0.2) is 60.0 Å². The number of aromatic nitrogens is 1. The molecule has 0 aliphatic carbocycles. The average molecular weight is 449 g/mol. The minimum absolute atomic E-state index is 0.0418. The molecule has 6 nitrogen and oxygen atoms in total. The molecular weight excluding hydrogens is 420 g/mol. The average Bonchev–Trinajstić information content (AvgIpc) is 3.27. The van der Waals surface area contributed by atoms with Crippen molar-refractivity contribution in [3.8, 4) is 0 Å². The van der Waals surface area contributed by atoms with Gasteiger partial charge in [0, 0.05) is 50.6 Å². The lowest BCUT2D eigenvalue weighted by Gasteiger charge is -2.34. The van der Waals surface area contributed by atoms with Gasteiger partial charge in [0.25, 0.3) is 5.91 Å². The third kappa shape index (κ3) is 4.89. The van der Waals surface area contributed by atoms with E-state index >= 15 is 0 Å².